The monoisotopic (exact) mass is 545 g/mol. The fraction of sp³-hybridized carbons (Fsp3) is 0.533. The molecule has 0 heterocycles. The lowest BCUT2D eigenvalue weighted by Crippen LogP contribution is -2.38. The average molecular weight is 546 g/mol. The Morgan fingerprint density at radius 2 is 1.67 bits per heavy atom. The second-order valence-electron chi connectivity index (χ2n) is 9.64. The van der Waals surface area contributed by atoms with E-state index in [2.05, 4.69) is 0 Å². The number of benzene rings is 2. The zero-order chi connectivity index (χ0) is 27.9. The summed E-state index contributed by atoms with van der Waals surface area (Å²) in [6.45, 7) is 4.03. The standard InChI is InChI=1S/C30H40FNO7/c1-2-37-28(29(33)34)21-23-11-15-26(16-12-23)38-20-18-32(30(35)39-27-7-4-3-5-8-27)17-6-19-36-22-24-9-13-25(31)14-10-24/h9-16,27-28H,2-8,17-22H2,1H3,(H,33,34). The maximum Gasteiger partial charge on any atom is 0.410 e. The number of aliphatic carboxylic acids is 1. The molecule has 0 aromatic heterocycles. The van der Waals surface area contributed by atoms with Crippen molar-refractivity contribution in [3.05, 3.63) is 65.5 Å². The number of ether oxygens (including phenoxy) is 4. The first-order chi connectivity index (χ1) is 18.9. The highest BCUT2D eigenvalue weighted by Gasteiger charge is 2.22. The fourth-order valence-corrected chi connectivity index (χ4v) is 4.45. The van der Waals surface area contributed by atoms with Gasteiger partial charge in [0.15, 0.2) is 6.10 Å². The van der Waals surface area contributed by atoms with Gasteiger partial charge in [0.25, 0.3) is 0 Å². The smallest absolute Gasteiger partial charge is 0.410 e. The predicted octanol–water partition coefficient (Wildman–Crippen LogP) is 5.61. The van der Waals surface area contributed by atoms with Gasteiger partial charge in [0.05, 0.1) is 13.2 Å². The van der Waals surface area contributed by atoms with Crippen LogP contribution in [0.5, 0.6) is 5.75 Å². The molecule has 1 unspecified atom stereocenters. The summed E-state index contributed by atoms with van der Waals surface area (Å²) in [5.74, 6) is -0.638. The van der Waals surface area contributed by atoms with Crippen molar-refractivity contribution in [1.29, 1.82) is 0 Å². The second kappa shape index (κ2) is 16.7. The van der Waals surface area contributed by atoms with E-state index in [-0.39, 0.29) is 31.0 Å². The van der Waals surface area contributed by atoms with Gasteiger partial charge in [-0.1, -0.05) is 30.7 Å². The summed E-state index contributed by atoms with van der Waals surface area (Å²) in [5.41, 5.74) is 1.72. The minimum Gasteiger partial charge on any atom is -0.492 e. The molecule has 1 aliphatic rings. The van der Waals surface area contributed by atoms with Gasteiger partial charge in [-0.15, -0.1) is 0 Å². The Kier molecular flexibility index (Phi) is 13.0. The van der Waals surface area contributed by atoms with E-state index in [9.17, 15) is 19.1 Å². The Bertz CT molecular complexity index is 993. The molecule has 8 nitrogen and oxygen atoms in total. The molecule has 1 N–H and O–H groups in total. The lowest BCUT2D eigenvalue weighted by molar-refractivity contribution is -0.149. The van der Waals surface area contributed by atoms with Crippen molar-refractivity contribution >= 4 is 12.1 Å². The Labute approximate surface area is 230 Å². The summed E-state index contributed by atoms with van der Waals surface area (Å²) in [5, 5.41) is 9.28. The van der Waals surface area contributed by atoms with Gasteiger partial charge in [0.1, 0.15) is 24.3 Å². The van der Waals surface area contributed by atoms with Crippen LogP contribution in [0.2, 0.25) is 0 Å². The van der Waals surface area contributed by atoms with E-state index in [0.717, 1.165) is 36.8 Å². The van der Waals surface area contributed by atoms with E-state index in [4.69, 9.17) is 18.9 Å². The molecule has 1 atom stereocenters. The molecule has 2 aromatic rings. The van der Waals surface area contributed by atoms with Crippen LogP contribution in [0.25, 0.3) is 0 Å². The lowest BCUT2D eigenvalue weighted by atomic mass is 9.98. The number of carbonyl (C=O) groups is 2. The van der Waals surface area contributed by atoms with Crippen LogP contribution in [-0.4, -0.2) is 67.2 Å². The molecule has 1 aliphatic carbocycles. The molecule has 0 aliphatic heterocycles. The number of carbonyl (C=O) groups excluding carboxylic acids is 1. The summed E-state index contributed by atoms with van der Waals surface area (Å²) in [4.78, 5) is 25.9. The molecule has 1 saturated carbocycles. The van der Waals surface area contributed by atoms with Crippen molar-refractivity contribution in [2.24, 2.45) is 0 Å². The van der Waals surface area contributed by atoms with Crippen LogP contribution in [-0.2, 0) is 32.0 Å². The van der Waals surface area contributed by atoms with Crippen molar-refractivity contribution in [3.8, 4) is 5.75 Å². The minimum atomic E-state index is -0.988. The number of hydrogen-bond donors (Lipinski definition) is 1. The predicted molar refractivity (Wildman–Crippen MR) is 144 cm³/mol. The first-order valence-corrected chi connectivity index (χ1v) is 13.8. The van der Waals surface area contributed by atoms with E-state index >= 15 is 0 Å². The van der Waals surface area contributed by atoms with Crippen LogP contribution in [0, 0.1) is 5.82 Å². The molecule has 3 rings (SSSR count). The molecule has 0 radical (unpaired) electrons. The molecule has 2 aromatic carbocycles. The fourth-order valence-electron chi connectivity index (χ4n) is 4.45. The minimum absolute atomic E-state index is 0.0387. The van der Waals surface area contributed by atoms with Crippen LogP contribution in [0.15, 0.2) is 48.5 Å². The summed E-state index contributed by atoms with van der Waals surface area (Å²) in [7, 11) is 0. The first-order valence-electron chi connectivity index (χ1n) is 13.8. The maximum absolute atomic E-state index is 13.1. The molecule has 1 amide bonds. The van der Waals surface area contributed by atoms with Gasteiger partial charge in [0.2, 0.25) is 0 Å². The highest BCUT2D eigenvalue weighted by atomic mass is 19.1. The van der Waals surface area contributed by atoms with Gasteiger partial charge in [-0.3, -0.25) is 0 Å². The van der Waals surface area contributed by atoms with Crippen molar-refractivity contribution in [3.63, 3.8) is 0 Å². The SMILES string of the molecule is CCOC(Cc1ccc(OCCN(CCCOCc2ccc(F)cc2)C(=O)OC2CCCCC2)cc1)C(=O)O. The highest BCUT2D eigenvalue weighted by molar-refractivity contribution is 5.72. The van der Waals surface area contributed by atoms with Gasteiger partial charge in [-0.25, -0.2) is 14.0 Å². The van der Waals surface area contributed by atoms with Crippen molar-refractivity contribution in [2.75, 3.05) is 32.9 Å². The van der Waals surface area contributed by atoms with Crippen LogP contribution >= 0.6 is 0 Å². The Morgan fingerprint density at radius 1 is 0.974 bits per heavy atom. The normalized spacial score (nSPS) is 14.5. The zero-order valence-electron chi connectivity index (χ0n) is 22.7. The van der Waals surface area contributed by atoms with Gasteiger partial charge < -0.3 is 29.0 Å². The van der Waals surface area contributed by atoms with Gasteiger partial charge in [-0.2, -0.15) is 0 Å². The molecule has 9 heteroatoms. The Morgan fingerprint density at radius 3 is 2.33 bits per heavy atom. The number of rotatable bonds is 16. The number of amides is 1. The third kappa shape index (κ3) is 11.2. The second-order valence-corrected chi connectivity index (χ2v) is 9.64. The van der Waals surface area contributed by atoms with E-state index in [1.807, 2.05) is 12.1 Å². The zero-order valence-corrected chi connectivity index (χ0v) is 22.7. The van der Waals surface area contributed by atoms with Gasteiger partial charge in [0, 0.05) is 26.2 Å². The van der Waals surface area contributed by atoms with Gasteiger partial charge in [-0.05, 0) is 74.4 Å². The first kappa shape index (κ1) is 30.4. The molecule has 39 heavy (non-hydrogen) atoms. The highest BCUT2D eigenvalue weighted by Crippen LogP contribution is 2.21. The van der Waals surface area contributed by atoms with Crippen molar-refractivity contribution in [2.45, 2.75) is 70.7 Å². The van der Waals surface area contributed by atoms with Crippen molar-refractivity contribution in [1.82, 2.24) is 4.90 Å². The van der Waals surface area contributed by atoms with Crippen LogP contribution in [0.4, 0.5) is 9.18 Å². The van der Waals surface area contributed by atoms with Crippen LogP contribution < -0.4 is 4.74 Å². The summed E-state index contributed by atoms with van der Waals surface area (Å²) in [6.07, 6.45) is 4.76. The largest absolute Gasteiger partial charge is 0.492 e. The molecular formula is C30H40FNO7. The summed E-state index contributed by atoms with van der Waals surface area (Å²) in [6, 6.07) is 13.4. The third-order valence-electron chi connectivity index (χ3n) is 6.59. The quantitative estimate of drug-likeness (QED) is 0.274. The molecular weight excluding hydrogens is 505 g/mol. The third-order valence-corrected chi connectivity index (χ3v) is 6.59. The van der Waals surface area contributed by atoms with Gasteiger partial charge >= 0.3 is 12.1 Å². The topological polar surface area (TPSA) is 94.5 Å². The number of halogens is 1. The average Bonchev–Trinajstić information content (AvgIpc) is 2.94. The van der Waals surface area contributed by atoms with Crippen LogP contribution in [0.1, 0.15) is 56.6 Å². The van der Waals surface area contributed by atoms with Crippen LogP contribution in [0.3, 0.4) is 0 Å². The summed E-state index contributed by atoms with van der Waals surface area (Å²) >= 11 is 0. The lowest BCUT2D eigenvalue weighted by Gasteiger charge is -2.27. The molecule has 1 fully saturated rings. The van der Waals surface area contributed by atoms with E-state index in [0.29, 0.717) is 45.1 Å². The molecule has 0 bridgehead atoms. The number of hydrogen-bond acceptors (Lipinski definition) is 6. The molecule has 214 valence electrons. The number of carboxylic acids is 1. The number of nitrogens with zero attached hydrogens (tertiary/aromatic N) is 1. The molecule has 0 saturated heterocycles. The van der Waals surface area contributed by atoms with E-state index in [1.165, 1.54) is 18.6 Å². The van der Waals surface area contributed by atoms with E-state index in [1.54, 1.807) is 36.1 Å². The Hall–Kier alpha value is -3.17. The Balaban J connectivity index is 1.46. The molecule has 0 spiro atoms. The van der Waals surface area contributed by atoms with E-state index < -0.39 is 12.1 Å². The van der Waals surface area contributed by atoms with Crippen molar-refractivity contribution < 1.29 is 38.0 Å². The summed E-state index contributed by atoms with van der Waals surface area (Å²) < 4.78 is 35.7. The number of carboxylic acid groups (broad SMARTS) is 1. The maximum atomic E-state index is 13.1.